The van der Waals surface area contributed by atoms with Gasteiger partial charge in [-0.3, -0.25) is 0 Å². The molecular weight excluding hydrogens is 224 g/mol. The number of hydrogen-bond acceptors (Lipinski definition) is 5. The van der Waals surface area contributed by atoms with E-state index in [-0.39, 0.29) is 5.97 Å². The Morgan fingerprint density at radius 3 is 3.00 bits per heavy atom. The molecule has 0 atom stereocenters. The molecule has 1 rings (SSSR count). The summed E-state index contributed by atoms with van der Waals surface area (Å²) in [7, 11) is 0. The number of carbonyl (C=O) groups is 1. The molecule has 1 aromatic rings. The maximum Gasteiger partial charge on any atom is 0.360 e. The van der Waals surface area contributed by atoms with Crippen molar-refractivity contribution in [1.29, 1.82) is 0 Å². The van der Waals surface area contributed by atoms with Crippen molar-refractivity contribution in [3.05, 3.63) is 11.2 Å². The molecule has 0 amide bonds. The summed E-state index contributed by atoms with van der Waals surface area (Å²) in [6.07, 6.45) is 3.49. The lowest BCUT2D eigenvalue weighted by Crippen LogP contribution is -2.09. The molecule has 0 bridgehead atoms. The van der Waals surface area contributed by atoms with Gasteiger partial charge in [-0.05, 0) is 13.3 Å². The van der Waals surface area contributed by atoms with E-state index in [1.165, 1.54) is 24.2 Å². The minimum atomic E-state index is -0.346. The van der Waals surface area contributed by atoms with Crippen molar-refractivity contribution in [2.75, 3.05) is 18.5 Å². The molecule has 1 aromatic heterocycles. The summed E-state index contributed by atoms with van der Waals surface area (Å²) in [5, 5.41) is 4.04. The number of esters is 1. The molecule has 4 nitrogen and oxygen atoms in total. The van der Waals surface area contributed by atoms with Gasteiger partial charge in [0, 0.05) is 6.54 Å². The van der Waals surface area contributed by atoms with Crippen LogP contribution in [0.1, 0.15) is 43.6 Å². The third-order valence-corrected chi connectivity index (χ3v) is 2.89. The van der Waals surface area contributed by atoms with Crippen LogP contribution in [0.15, 0.2) is 5.51 Å². The fraction of sp³-hybridized carbons (Fsp3) is 0.636. The molecule has 0 aliphatic rings. The maximum absolute atomic E-state index is 11.5. The first kappa shape index (κ1) is 13.0. The van der Waals surface area contributed by atoms with Crippen LogP contribution in [0.5, 0.6) is 0 Å². The van der Waals surface area contributed by atoms with E-state index in [4.69, 9.17) is 4.74 Å². The number of rotatable bonds is 7. The van der Waals surface area contributed by atoms with E-state index in [1.54, 1.807) is 12.4 Å². The average Bonchev–Trinajstić information content (AvgIpc) is 2.73. The van der Waals surface area contributed by atoms with Crippen LogP contribution in [-0.2, 0) is 4.74 Å². The van der Waals surface area contributed by atoms with Crippen molar-refractivity contribution in [2.24, 2.45) is 0 Å². The Morgan fingerprint density at radius 2 is 2.31 bits per heavy atom. The van der Waals surface area contributed by atoms with Crippen molar-refractivity contribution >= 4 is 22.3 Å². The first-order valence-corrected chi connectivity index (χ1v) is 6.52. The smallest absolute Gasteiger partial charge is 0.360 e. The third kappa shape index (κ3) is 3.81. The number of carbonyl (C=O) groups excluding carboxylic acids is 1. The first-order chi connectivity index (χ1) is 7.79. The van der Waals surface area contributed by atoms with Gasteiger partial charge in [-0.2, -0.15) is 0 Å². The van der Waals surface area contributed by atoms with E-state index >= 15 is 0 Å². The highest BCUT2D eigenvalue weighted by Gasteiger charge is 2.15. The number of hydrogen-bond donors (Lipinski definition) is 1. The molecule has 0 saturated heterocycles. The van der Waals surface area contributed by atoms with E-state index < -0.39 is 0 Å². The van der Waals surface area contributed by atoms with Crippen molar-refractivity contribution in [3.63, 3.8) is 0 Å². The Labute approximate surface area is 100 Å². The standard InChI is InChI=1S/C11H18N2O2S/c1-3-5-6-7-12-10-9(13-8-16-10)11(14)15-4-2/h8,12H,3-7H2,1-2H3. The molecule has 0 unspecified atom stereocenters. The average molecular weight is 242 g/mol. The zero-order valence-corrected chi connectivity index (χ0v) is 10.6. The number of unbranched alkanes of at least 4 members (excludes halogenated alkanes) is 2. The van der Waals surface area contributed by atoms with Gasteiger partial charge in [0.25, 0.3) is 0 Å². The molecule has 0 aromatic carbocycles. The van der Waals surface area contributed by atoms with Gasteiger partial charge in [0.2, 0.25) is 0 Å². The van der Waals surface area contributed by atoms with E-state index in [0.29, 0.717) is 12.3 Å². The number of anilines is 1. The second kappa shape index (κ2) is 7.22. The van der Waals surface area contributed by atoms with Crippen LogP contribution in [0.25, 0.3) is 0 Å². The monoisotopic (exact) mass is 242 g/mol. The van der Waals surface area contributed by atoms with Gasteiger partial charge in [0.1, 0.15) is 5.00 Å². The molecule has 0 radical (unpaired) electrons. The number of thiazole rings is 1. The van der Waals surface area contributed by atoms with Gasteiger partial charge < -0.3 is 10.1 Å². The largest absolute Gasteiger partial charge is 0.461 e. The molecule has 0 aliphatic heterocycles. The topological polar surface area (TPSA) is 51.2 Å². The number of nitrogens with zero attached hydrogens (tertiary/aromatic N) is 1. The number of aromatic nitrogens is 1. The minimum absolute atomic E-state index is 0.346. The van der Waals surface area contributed by atoms with Crippen molar-refractivity contribution < 1.29 is 9.53 Å². The Morgan fingerprint density at radius 1 is 1.50 bits per heavy atom. The lowest BCUT2D eigenvalue weighted by Gasteiger charge is -2.05. The minimum Gasteiger partial charge on any atom is -0.461 e. The SMILES string of the molecule is CCCCCNc1scnc1C(=O)OCC. The van der Waals surface area contributed by atoms with Crippen molar-refractivity contribution in [3.8, 4) is 0 Å². The predicted molar refractivity (Wildman–Crippen MR) is 66.1 cm³/mol. The van der Waals surface area contributed by atoms with E-state index in [0.717, 1.165) is 18.0 Å². The molecule has 1 N–H and O–H groups in total. The van der Waals surface area contributed by atoms with Gasteiger partial charge in [-0.1, -0.05) is 19.8 Å². The second-order valence-electron chi connectivity index (χ2n) is 3.38. The van der Waals surface area contributed by atoms with Gasteiger partial charge >= 0.3 is 5.97 Å². The summed E-state index contributed by atoms with van der Waals surface area (Å²) in [6, 6.07) is 0. The van der Waals surface area contributed by atoms with Crippen LogP contribution >= 0.6 is 11.3 Å². The Balaban J connectivity index is 2.47. The number of ether oxygens (including phenoxy) is 1. The quantitative estimate of drug-likeness (QED) is 0.590. The zero-order chi connectivity index (χ0) is 11.8. The Bertz CT molecular complexity index is 326. The third-order valence-electron chi connectivity index (χ3n) is 2.10. The van der Waals surface area contributed by atoms with Gasteiger partial charge in [-0.25, -0.2) is 9.78 Å². The highest BCUT2D eigenvalue weighted by molar-refractivity contribution is 7.14. The highest BCUT2D eigenvalue weighted by Crippen LogP contribution is 2.20. The highest BCUT2D eigenvalue weighted by atomic mass is 32.1. The van der Waals surface area contributed by atoms with Gasteiger partial charge in [-0.15, -0.1) is 11.3 Å². The summed E-state index contributed by atoms with van der Waals surface area (Å²) in [4.78, 5) is 15.5. The van der Waals surface area contributed by atoms with E-state index in [9.17, 15) is 4.79 Å². The molecule has 0 spiro atoms. The summed E-state index contributed by atoms with van der Waals surface area (Å²) >= 11 is 1.44. The summed E-state index contributed by atoms with van der Waals surface area (Å²) in [5.74, 6) is -0.346. The molecule has 90 valence electrons. The molecule has 0 fully saturated rings. The fourth-order valence-corrected chi connectivity index (χ4v) is 1.99. The lowest BCUT2D eigenvalue weighted by atomic mass is 10.2. The van der Waals surface area contributed by atoms with Gasteiger partial charge in [0.05, 0.1) is 12.1 Å². The van der Waals surface area contributed by atoms with Crippen LogP contribution in [0.3, 0.4) is 0 Å². The fourth-order valence-electron chi connectivity index (χ4n) is 1.29. The molecule has 0 aliphatic carbocycles. The lowest BCUT2D eigenvalue weighted by molar-refractivity contribution is 0.0521. The molecule has 1 heterocycles. The van der Waals surface area contributed by atoms with E-state index in [1.807, 2.05) is 0 Å². The van der Waals surface area contributed by atoms with Crippen LogP contribution in [0.2, 0.25) is 0 Å². The predicted octanol–water partition coefficient (Wildman–Crippen LogP) is 2.92. The van der Waals surface area contributed by atoms with Crippen LogP contribution < -0.4 is 5.32 Å². The van der Waals surface area contributed by atoms with Crippen molar-refractivity contribution in [2.45, 2.75) is 33.1 Å². The Hall–Kier alpha value is -1.10. The molecule has 0 saturated carbocycles. The zero-order valence-electron chi connectivity index (χ0n) is 9.78. The first-order valence-electron chi connectivity index (χ1n) is 5.64. The summed E-state index contributed by atoms with van der Waals surface area (Å²) in [5.41, 5.74) is 2.07. The summed E-state index contributed by atoms with van der Waals surface area (Å²) in [6.45, 7) is 5.21. The van der Waals surface area contributed by atoms with Crippen LogP contribution in [0, 0.1) is 0 Å². The second-order valence-corrected chi connectivity index (χ2v) is 4.24. The maximum atomic E-state index is 11.5. The molecule has 5 heteroatoms. The van der Waals surface area contributed by atoms with Gasteiger partial charge in [0.15, 0.2) is 5.69 Å². The number of nitrogens with one attached hydrogen (secondary N) is 1. The molecule has 16 heavy (non-hydrogen) atoms. The van der Waals surface area contributed by atoms with Crippen LogP contribution in [-0.4, -0.2) is 24.1 Å². The normalized spacial score (nSPS) is 10.1. The van der Waals surface area contributed by atoms with Crippen molar-refractivity contribution in [1.82, 2.24) is 4.98 Å². The molecular formula is C11H18N2O2S. The van der Waals surface area contributed by atoms with E-state index in [2.05, 4.69) is 17.2 Å². The summed E-state index contributed by atoms with van der Waals surface area (Å²) < 4.78 is 4.92. The van der Waals surface area contributed by atoms with Crippen LogP contribution in [0.4, 0.5) is 5.00 Å². The Kier molecular flexibility index (Phi) is 5.85.